The van der Waals surface area contributed by atoms with Crippen LogP contribution in [0, 0.1) is 6.92 Å². The molecule has 0 spiro atoms. The molecule has 0 aromatic carbocycles. The summed E-state index contributed by atoms with van der Waals surface area (Å²) in [5, 5.41) is 3.99. The smallest absolute Gasteiger partial charge is 0.342 e. The third-order valence-electron chi connectivity index (χ3n) is 4.55. The fraction of sp³-hybridized carbons (Fsp3) is 0.588. The van der Waals surface area contributed by atoms with Crippen LogP contribution in [0.1, 0.15) is 42.8 Å². The Hall–Kier alpha value is -2.15. The molecule has 1 atom stereocenters. The Morgan fingerprint density at radius 3 is 3.04 bits per heavy atom. The number of nitrogens with one attached hydrogen (secondary N) is 1. The van der Waals surface area contributed by atoms with E-state index < -0.39 is 5.97 Å². The number of carbonyl (C=O) groups excluding carboxylic acids is 1. The number of furan rings is 1. The lowest BCUT2D eigenvalue weighted by molar-refractivity contribution is 0.0526. The number of hydrogen-bond acceptors (Lipinski definition) is 7. The van der Waals surface area contributed by atoms with Gasteiger partial charge < -0.3 is 14.5 Å². The third-order valence-corrected chi connectivity index (χ3v) is 4.55. The van der Waals surface area contributed by atoms with E-state index in [-0.39, 0.29) is 0 Å². The molecule has 0 bridgehead atoms. The van der Waals surface area contributed by atoms with E-state index in [0.717, 1.165) is 19.6 Å². The molecule has 0 aliphatic carbocycles. The predicted molar refractivity (Wildman–Crippen MR) is 91.3 cm³/mol. The van der Waals surface area contributed by atoms with E-state index in [1.54, 1.807) is 13.8 Å². The van der Waals surface area contributed by atoms with Crippen molar-refractivity contribution in [2.24, 2.45) is 0 Å². The molecule has 1 aliphatic rings. The Kier molecular flexibility index (Phi) is 4.99. The fourth-order valence-corrected chi connectivity index (χ4v) is 3.38. The predicted octanol–water partition coefficient (Wildman–Crippen LogP) is 2.60. The van der Waals surface area contributed by atoms with Crippen molar-refractivity contribution in [3.63, 3.8) is 0 Å². The van der Waals surface area contributed by atoms with Gasteiger partial charge in [0, 0.05) is 12.6 Å². The number of ether oxygens (including phenoxy) is 1. The average Bonchev–Trinajstić information content (AvgIpc) is 3.15. The van der Waals surface area contributed by atoms with Crippen LogP contribution in [-0.4, -0.2) is 53.1 Å². The van der Waals surface area contributed by atoms with Crippen molar-refractivity contribution < 1.29 is 13.9 Å². The molecule has 0 unspecified atom stereocenters. The van der Waals surface area contributed by atoms with Gasteiger partial charge in [0.15, 0.2) is 0 Å². The molecule has 2 aromatic heterocycles. The van der Waals surface area contributed by atoms with Gasteiger partial charge >= 0.3 is 5.97 Å². The maximum atomic E-state index is 12.3. The lowest BCUT2D eigenvalue weighted by Crippen LogP contribution is -2.34. The van der Waals surface area contributed by atoms with Crippen LogP contribution in [-0.2, 0) is 4.74 Å². The van der Waals surface area contributed by atoms with Crippen molar-refractivity contribution in [1.82, 2.24) is 14.9 Å². The van der Waals surface area contributed by atoms with Crippen molar-refractivity contribution in [2.75, 3.05) is 31.6 Å². The van der Waals surface area contributed by atoms with Crippen molar-refractivity contribution in [3.8, 4) is 0 Å². The third kappa shape index (κ3) is 3.08. The highest BCUT2D eigenvalue weighted by atomic mass is 16.5. The van der Waals surface area contributed by atoms with Crippen LogP contribution in [0.15, 0.2) is 10.7 Å². The van der Waals surface area contributed by atoms with Crippen LogP contribution in [0.25, 0.3) is 11.1 Å². The summed E-state index contributed by atoms with van der Waals surface area (Å²) in [5.74, 6) is 0.730. The van der Waals surface area contributed by atoms with Gasteiger partial charge in [-0.3, -0.25) is 4.90 Å². The summed E-state index contributed by atoms with van der Waals surface area (Å²) in [6.45, 7) is 8.99. The number of aryl methyl sites for hydroxylation is 1. The Balaban J connectivity index is 1.89. The summed E-state index contributed by atoms with van der Waals surface area (Å²) in [5.41, 5.74) is 0.820. The molecule has 7 nitrogen and oxygen atoms in total. The summed E-state index contributed by atoms with van der Waals surface area (Å²) >= 11 is 0. The van der Waals surface area contributed by atoms with E-state index in [2.05, 4.69) is 27.1 Å². The first kappa shape index (κ1) is 16.7. The van der Waals surface area contributed by atoms with Gasteiger partial charge in [0.2, 0.25) is 5.71 Å². The molecular weight excluding hydrogens is 308 g/mol. The zero-order valence-corrected chi connectivity index (χ0v) is 14.5. The maximum Gasteiger partial charge on any atom is 0.342 e. The molecule has 1 fully saturated rings. The van der Waals surface area contributed by atoms with E-state index in [4.69, 9.17) is 9.15 Å². The molecule has 1 N–H and O–H groups in total. The van der Waals surface area contributed by atoms with Gasteiger partial charge in [-0.05, 0) is 39.8 Å². The SMILES string of the molecule is CCOC(=O)c1c(C)oc2ncnc(NC[C@H]3CCCN3CC)c12. The summed E-state index contributed by atoms with van der Waals surface area (Å²) < 4.78 is 10.8. The molecule has 3 heterocycles. The number of nitrogens with zero attached hydrogens (tertiary/aromatic N) is 3. The number of carbonyl (C=O) groups is 1. The molecule has 2 aromatic rings. The monoisotopic (exact) mass is 332 g/mol. The van der Waals surface area contributed by atoms with Gasteiger partial charge in [-0.2, -0.15) is 0 Å². The maximum absolute atomic E-state index is 12.3. The van der Waals surface area contributed by atoms with Crippen LogP contribution < -0.4 is 5.32 Å². The van der Waals surface area contributed by atoms with Gasteiger partial charge in [0.1, 0.15) is 23.5 Å². The minimum atomic E-state index is -0.400. The van der Waals surface area contributed by atoms with E-state index in [1.165, 1.54) is 19.2 Å². The largest absolute Gasteiger partial charge is 0.462 e. The number of anilines is 1. The highest BCUT2D eigenvalue weighted by Crippen LogP contribution is 2.30. The van der Waals surface area contributed by atoms with Crippen LogP contribution in [0.5, 0.6) is 0 Å². The summed E-state index contributed by atoms with van der Waals surface area (Å²) in [7, 11) is 0. The van der Waals surface area contributed by atoms with Crippen molar-refractivity contribution in [2.45, 2.75) is 39.7 Å². The molecule has 24 heavy (non-hydrogen) atoms. The van der Waals surface area contributed by atoms with E-state index in [1.807, 2.05) is 0 Å². The van der Waals surface area contributed by atoms with Crippen LogP contribution in [0.2, 0.25) is 0 Å². The van der Waals surface area contributed by atoms with Gasteiger partial charge in [-0.1, -0.05) is 6.92 Å². The number of fused-ring (bicyclic) bond motifs is 1. The second-order valence-electron chi connectivity index (χ2n) is 5.96. The first-order chi connectivity index (χ1) is 11.7. The molecule has 3 rings (SSSR count). The zero-order chi connectivity index (χ0) is 17.1. The number of rotatable bonds is 6. The minimum Gasteiger partial charge on any atom is -0.462 e. The quantitative estimate of drug-likeness (QED) is 0.814. The molecule has 7 heteroatoms. The normalized spacial score (nSPS) is 18.2. The molecule has 0 amide bonds. The fourth-order valence-electron chi connectivity index (χ4n) is 3.38. The molecular formula is C17H24N4O3. The van der Waals surface area contributed by atoms with Crippen LogP contribution >= 0.6 is 0 Å². The van der Waals surface area contributed by atoms with E-state index in [0.29, 0.717) is 40.9 Å². The second-order valence-corrected chi connectivity index (χ2v) is 5.96. The zero-order valence-electron chi connectivity index (χ0n) is 14.5. The lowest BCUT2D eigenvalue weighted by atomic mass is 10.1. The second kappa shape index (κ2) is 7.17. The minimum absolute atomic E-state index is 0.314. The molecule has 0 saturated carbocycles. The van der Waals surface area contributed by atoms with Gasteiger partial charge in [-0.25, -0.2) is 14.8 Å². The van der Waals surface area contributed by atoms with Crippen molar-refractivity contribution in [3.05, 3.63) is 17.7 Å². The van der Waals surface area contributed by atoms with Crippen molar-refractivity contribution in [1.29, 1.82) is 0 Å². The number of likely N-dealkylation sites (tertiary alicyclic amines) is 1. The number of esters is 1. The standard InChI is InChI=1S/C17H24N4O3/c1-4-21-8-6-7-12(21)9-18-15-14-13(17(22)23-5-2)11(3)24-16(14)20-10-19-15/h10,12H,4-9H2,1-3H3,(H,18,19,20)/t12-/m1/s1. The molecule has 130 valence electrons. The molecule has 1 saturated heterocycles. The molecule has 1 aliphatic heterocycles. The van der Waals surface area contributed by atoms with Crippen molar-refractivity contribution >= 4 is 22.9 Å². The average molecular weight is 332 g/mol. The summed E-state index contributed by atoms with van der Waals surface area (Å²) in [4.78, 5) is 23.2. The Labute approximate surface area is 141 Å². The van der Waals surface area contributed by atoms with Gasteiger partial charge in [0.05, 0.1) is 12.0 Å². The summed E-state index contributed by atoms with van der Waals surface area (Å²) in [6, 6.07) is 0.485. The Morgan fingerprint density at radius 2 is 2.29 bits per heavy atom. The van der Waals surface area contributed by atoms with E-state index >= 15 is 0 Å². The van der Waals surface area contributed by atoms with E-state index in [9.17, 15) is 4.79 Å². The van der Waals surface area contributed by atoms with Gasteiger partial charge in [-0.15, -0.1) is 0 Å². The first-order valence-corrected chi connectivity index (χ1v) is 8.54. The lowest BCUT2D eigenvalue weighted by Gasteiger charge is -2.23. The molecule has 0 radical (unpaired) electrons. The number of aromatic nitrogens is 2. The number of likely N-dealkylation sites (N-methyl/N-ethyl adjacent to an activating group) is 1. The highest BCUT2D eigenvalue weighted by molar-refractivity contribution is 6.07. The highest BCUT2D eigenvalue weighted by Gasteiger charge is 2.26. The number of hydrogen-bond donors (Lipinski definition) is 1. The topological polar surface area (TPSA) is 80.5 Å². The Morgan fingerprint density at radius 1 is 1.46 bits per heavy atom. The first-order valence-electron chi connectivity index (χ1n) is 8.54. The van der Waals surface area contributed by atoms with Gasteiger partial charge in [0.25, 0.3) is 0 Å². The summed E-state index contributed by atoms with van der Waals surface area (Å²) in [6.07, 6.45) is 3.84. The Bertz CT molecular complexity index is 728. The van der Waals surface area contributed by atoms with Crippen LogP contribution in [0.4, 0.5) is 5.82 Å². The van der Waals surface area contributed by atoms with Crippen LogP contribution in [0.3, 0.4) is 0 Å².